The highest BCUT2D eigenvalue weighted by molar-refractivity contribution is 5.93. The van der Waals surface area contributed by atoms with Crippen LogP contribution in [0.4, 0.5) is 0 Å². The van der Waals surface area contributed by atoms with Gasteiger partial charge in [0.05, 0.1) is 24.8 Å². The molecule has 0 radical (unpaired) electrons. The molecule has 2 heterocycles. The van der Waals surface area contributed by atoms with Crippen LogP contribution in [0.1, 0.15) is 33.5 Å². The van der Waals surface area contributed by atoms with Crippen LogP contribution in [0.15, 0.2) is 77.4 Å². The number of nitrogens with one attached hydrogen (secondary N) is 1. The van der Waals surface area contributed by atoms with E-state index in [4.69, 9.17) is 9.15 Å². The third-order valence-corrected chi connectivity index (χ3v) is 4.64. The van der Waals surface area contributed by atoms with Crippen LogP contribution in [-0.2, 0) is 0 Å². The van der Waals surface area contributed by atoms with Gasteiger partial charge in [-0.15, -0.1) is 5.10 Å². The Morgan fingerprint density at radius 2 is 1.93 bits per heavy atom. The van der Waals surface area contributed by atoms with Crippen LogP contribution >= 0.6 is 0 Å². The first-order valence-corrected chi connectivity index (χ1v) is 9.13. The van der Waals surface area contributed by atoms with Gasteiger partial charge in [0.15, 0.2) is 5.69 Å². The standard InChI is InChI=1S/C22H20N4O3/c1-15-20(24-25-26(15)17-10-6-11-18(14-17)28-2)22(27)23-21(19-12-7-13-29-19)16-8-4-3-5-9-16/h3-14,21H,1-2H3,(H,23,27). The zero-order valence-corrected chi connectivity index (χ0v) is 16.1. The summed E-state index contributed by atoms with van der Waals surface area (Å²) in [4.78, 5) is 13.0. The number of hydrogen-bond donors (Lipinski definition) is 1. The first-order valence-electron chi connectivity index (χ1n) is 9.13. The first-order chi connectivity index (χ1) is 14.2. The number of rotatable bonds is 6. The summed E-state index contributed by atoms with van der Waals surface area (Å²) < 4.78 is 12.4. The molecule has 0 aliphatic rings. The lowest BCUT2D eigenvalue weighted by Gasteiger charge is -2.16. The van der Waals surface area contributed by atoms with Gasteiger partial charge in [-0.05, 0) is 36.8 Å². The summed E-state index contributed by atoms with van der Waals surface area (Å²) in [5.74, 6) is 1.01. The van der Waals surface area contributed by atoms with E-state index in [-0.39, 0.29) is 11.6 Å². The highest BCUT2D eigenvalue weighted by Gasteiger charge is 2.24. The maximum Gasteiger partial charge on any atom is 0.274 e. The average molecular weight is 388 g/mol. The average Bonchev–Trinajstić information content (AvgIpc) is 3.42. The van der Waals surface area contributed by atoms with Gasteiger partial charge >= 0.3 is 0 Å². The molecule has 0 spiro atoms. The fourth-order valence-electron chi connectivity index (χ4n) is 3.15. The maximum absolute atomic E-state index is 13.0. The number of hydrogen-bond acceptors (Lipinski definition) is 5. The minimum Gasteiger partial charge on any atom is -0.497 e. The summed E-state index contributed by atoms with van der Waals surface area (Å²) in [5.41, 5.74) is 2.55. The minimum absolute atomic E-state index is 0.250. The van der Waals surface area contributed by atoms with Gasteiger partial charge in [0.25, 0.3) is 5.91 Å². The van der Waals surface area contributed by atoms with Crippen molar-refractivity contribution in [1.82, 2.24) is 20.3 Å². The van der Waals surface area contributed by atoms with Crippen molar-refractivity contribution >= 4 is 5.91 Å². The molecule has 1 amide bonds. The number of carbonyl (C=O) groups excluding carboxylic acids is 1. The van der Waals surface area contributed by atoms with Crippen molar-refractivity contribution in [2.45, 2.75) is 13.0 Å². The quantitative estimate of drug-likeness (QED) is 0.545. The van der Waals surface area contributed by atoms with Crippen LogP contribution in [0.5, 0.6) is 5.75 Å². The second-order valence-corrected chi connectivity index (χ2v) is 6.47. The SMILES string of the molecule is COc1cccc(-n2nnc(C(=O)NC(c3ccccc3)c3ccco3)c2C)c1. The Balaban J connectivity index is 1.63. The Morgan fingerprint density at radius 3 is 2.66 bits per heavy atom. The van der Waals surface area contributed by atoms with Gasteiger partial charge in [0, 0.05) is 6.07 Å². The van der Waals surface area contributed by atoms with E-state index >= 15 is 0 Å². The summed E-state index contributed by atoms with van der Waals surface area (Å²) in [7, 11) is 1.60. The monoisotopic (exact) mass is 388 g/mol. The van der Waals surface area contributed by atoms with Crippen molar-refractivity contribution in [3.8, 4) is 11.4 Å². The van der Waals surface area contributed by atoms with Crippen LogP contribution in [0.25, 0.3) is 5.69 Å². The molecule has 7 heteroatoms. The molecule has 0 saturated carbocycles. The number of ether oxygens (including phenoxy) is 1. The van der Waals surface area contributed by atoms with E-state index in [1.807, 2.05) is 60.7 Å². The molecule has 1 unspecified atom stereocenters. The second-order valence-electron chi connectivity index (χ2n) is 6.47. The summed E-state index contributed by atoms with van der Waals surface area (Å²) in [6, 6.07) is 20.2. The number of aromatic nitrogens is 3. The van der Waals surface area contributed by atoms with Crippen molar-refractivity contribution in [3.63, 3.8) is 0 Å². The molecular formula is C22H20N4O3. The molecule has 2 aromatic carbocycles. The van der Waals surface area contributed by atoms with Gasteiger partial charge in [0.2, 0.25) is 0 Å². The lowest BCUT2D eigenvalue weighted by Crippen LogP contribution is -2.30. The Bertz CT molecular complexity index is 1100. The Labute approximate surface area is 167 Å². The zero-order valence-electron chi connectivity index (χ0n) is 16.1. The van der Waals surface area contributed by atoms with Gasteiger partial charge in [-0.3, -0.25) is 4.79 Å². The van der Waals surface area contributed by atoms with E-state index in [1.165, 1.54) is 0 Å². The number of carbonyl (C=O) groups is 1. The third-order valence-electron chi connectivity index (χ3n) is 4.64. The van der Waals surface area contributed by atoms with Gasteiger partial charge in [-0.25, -0.2) is 4.68 Å². The fraction of sp³-hybridized carbons (Fsp3) is 0.136. The Hall–Kier alpha value is -3.87. The van der Waals surface area contributed by atoms with Crippen LogP contribution < -0.4 is 10.1 Å². The predicted octanol–water partition coefficient (Wildman–Crippen LogP) is 3.70. The summed E-state index contributed by atoms with van der Waals surface area (Å²) in [5, 5.41) is 11.3. The lowest BCUT2D eigenvalue weighted by atomic mass is 10.0. The fourth-order valence-corrected chi connectivity index (χ4v) is 3.15. The summed E-state index contributed by atoms with van der Waals surface area (Å²) in [6.07, 6.45) is 1.59. The van der Waals surface area contributed by atoms with Crippen molar-refractivity contribution in [1.29, 1.82) is 0 Å². The molecule has 1 N–H and O–H groups in total. The van der Waals surface area contributed by atoms with Crippen molar-refractivity contribution < 1.29 is 13.9 Å². The first kappa shape index (κ1) is 18.5. The number of amides is 1. The molecule has 4 aromatic rings. The molecule has 0 bridgehead atoms. The van der Waals surface area contributed by atoms with E-state index in [0.29, 0.717) is 17.2 Å². The molecule has 4 rings (SSSR count). The van der Waals surface area contributed by atoms with Crippen LogP contribution in [-0.4, -0.2) is 28.0 Å². The molecular weight excluding hydrogens is 368 g/mol. The van der Waals surface area contributed by atoms with Gasteiger partial charge in [0.1, 0.15) is 17.6 Å². The van der Waals surface area contributed by atoms with E-state index in [9.17, 15) is 4.79 Å². The lowest BCUT2D eigenvalue weighted by molar-refractivity contribution is 0.0933. The predicted molar refractivity (Wildman–Crippen MR) is 107 cm³/mol. The van der Waals surface area contributed by atoms with E-state index in [2.05, 4.69) is 15.6 Å². The van der Waals surface area contributed by atoms with Crippen molar-refractivity contribution in [2.75, 3.05) is 7.11 Å². The van der Waals surface area contributed by atoms with Crippen molar-refractivity contribution in [2.24, 2.45) is 0 Å². The molecule has 29 heavy (non-hydrogen) atoms. The molecule has 0 fully saturated rings. The highest BCUT2D eigenvalue weighted by atomic mass is 16.5. The second kappa shape index (κ2) is 8.02. The van der Waals surface area contributed by atoms with E-state index in [1.54, 1.807) is 31.0 Å². The smallest absolute Gasteiger partial charge is 0.274 e. The van der Waals surface area contributed by atoms with E-state index in [0.717, 1.165) is 11.3 Å². The summed E-state index contributed by atoms with van der Waals surface area (Å²) >= 11 is 0. The molecule has 0 aliphatic carbocycles. The zero-order chi connectivity index (χ0) is 20.2. The van der Waals surface area contributed by atoms with Crippen molar-refractivity contribution in [3.05, 3.63) is 95.7 Å². The van der Waals surface area contributed by atoms with Crippen LogP contribution in [0.3, 0.4) is 0 Å². The third kappa shape index (κ3) is 3.75. The molecule has 7 nitrogen and oxygen atoms in total. The molecule has 146 valence electrons. The highest BCUT2D eigenvalue weighted by Crippen LogP contribution is 2.23. The molecule has 2 aromatic heterocycles. The molecule has 0 aliphatic heterocycles. The molecule has 1 atom stereocenters. The van der Waals surface area contributed by atoms with Crippen LogP contribution in [0.2, 0.25) is 0 Å². The normalized spacial score (nSPS) is 11.8. The number of furan rings is 1. The molecule has 0 saturated heterocycles. The topological polar surface area (TPSA) is 82.2 Å². The Kier molecular flexibility index (Phi) is 5.11. The number of methoxy groups -OCH3 is 1. The van der Waals surface area contributed by atoms with Gasteiger partial charge in [-0.1, -0.05) is 41.6 Å². The Morgan fingerprint density at radius 1 is 1.10 bits per heavy atom. The van der Waals surface area contributed by atoms with E-state index < -0.39 is 6.04 Å². The largest absolute Gasteiger partial charge is 0.497 e. The van der Waals surface area contributed by atoms with Gasteiger partial charge in [-0.2, -0.15) is 0 Å². The maximum atomic E-state index is 13.0. The number of benzene rings is 2. The number of nitrogens with zero attached hydrogens (tertiary/aromatic N) is 3. The van der Waals surface area contributed by atoms with Gasteiger partial charge < -0.3 is 14.5 Å². The minimum atomic E-state index is -0.430. The van der Waals surface area contributed by atoms with Crippen LogP contribution in [0, 0.1) is 6.92 Å². The summed E-state index contributed by atoms with van der Waals surface area (Å²) in [6.45, 7) is 1.80.